The van der Waals surface area contributed by atoms with Gasteiger partial charge in [0.2, 0.25) is 5.41 Å². The molecule has 2 aromatic rings. The molecule has 1 heterocycles. The number of esters is 2. The van der Waals surface area contributed by atoms with E-state index >= 15 is 0 Å². The van der Waals surface area contributed by atoms with Crippen molar-refractivity contribution in [2.24, 2.45) is 10.8 Å². The molecule has 2 unspecified atom stereocenters. The van der Waals surface area contributed by atoms with Crippen LogP contribution >= 0.6 is 15.9 Å². The van der Waals surface area contributed by atoms with Crippen LogP contribution in [0.25, 0.3) is 0 Å². The minimum absolute atomic E-state index is 0.103. The van der Waals surface area contributed by atoms with Crippen molar-refractivity contribution in [2.75, 3.05) is 7.11 Å². The fraction of sp³-hybridized carbons (Fsp3) is 0.318. The lowest BCUT2D eigenvalue weighted by molar-refractivity contribution is -0.196. The maximum Gasteiger partial charge on any atom is 0.332 e. The smallest absolute Gasteiger partial charge is 0.332 e. The van der Waals surface area contributed by atoms with E-state index in [4.69, 9.17) is 9.47 Å². The summed E-state index contributed by atoms with van der Waals surface area (Å²) in [5, 5.41) is 0. The first-order valence-corrected chi connectivity index (χ1v) is 9.66. The van der Waals surface area contributed by atoms with E-state index < -0.39 is 34.7 Å². The fourth-order valence-corrected chi connectivity index (χ4v) is 3.98. The van der Waals surface area contributed by atoms with E-state index in [1.54, 1.807) is 50.2 Å². The molecule has 1 fully saturated rings. The Hall–Kier alpha value is -2.47. The highest BCUT2D eigenvalue weighted by Gasteiger charge is 2.65. The van der Waals surface area contributed by atoms with Gasteiger partial charge in [-0.1, -0.05) is 58.4 Å². The minimum atomic E-state index is -2.02. The molecule has 3 rings (SSSR count). The largest absolute Gasteiger partial charge is 0.468 e. The second-order valence-corrected chi connectivity index (χ2v) is 8.36. The van der Waals surface area contributed by atoms with E-state index in [1.165, 1.54) is 7.11 Å². The molecule has 0 aliphatic carbocycles. The summed E-state index contributed by atoms with van der Waals surface area (Å²) in [6.45, 7) is 3.38. The molecule has 5 nitrogen and oxygen atoms in total. The van der Waals surface area contributed by atoms with Gasteiger partial charge in [-0.15, -0.1) is 0 Å². The van der Waals surface area contributed by atoms with Gasteiger partial charge in [-0.05, 0) is 37.1 Å². The zero-order valence-electron chi connectivity index (χ0n) is 15.9. The number of halogens is 1. The maximum atomic E-state index is 13.6. The van der Waals surface area contributed by atoms with Crippen LogP contribution in [-0.4, -0.2) is 24.8 Å². The van der Waals surface area contributed by atoms with E-state index in [-0.39, 0.29) is 6.42 Å². The summed E-state index contributed by atoms with van der Waals surface area (Å²) in [6.07, 6.45) is -0.900. The summed E-state index contributed by atoms with van der Waals surface area (Å²) >= 11 is 3.37. The third-order valence-corrected chi connectivity index (χ3v) is 5.75. The molecular formula is C22H21BrO5. The van der Waals surface area contributed by atoms with E-state index in [0.29, 0.717) is 11.1 Å². The quantitative estimate of drug-likeness (QED) is 0.525. The van der Waals surface area contributed by atoms with Crippen LogP contribution in [0.3, 0.4) is 0 Å². The van der Waals surface area contributed by atoms with Crippen molar-refractivity contribution < 1.29 is 23.9 Å². The normalized spacial score (nSPS) is 23.8. The Morgan fingerprint density at radius 2 is 1.68 bits per heavy atom. The van der Waals surface area contributed by atoms with Crippen molar-refractivity contribution >= 4 is 33.7 Å². The number of carbonyl (C=O) groups excluding carboxylic acids is 3. The van der Waals surface area contributed by atoms with Crippen LogP contribution in [0, 0.1) is 10.8 Å². The first kappa shape index (κ1) is 20.3. The Morgan fingerprint density at radius 3 is 2.25 bits per heavy atom. The molecule has 0 saturated carbocycles. The number of hydrogen-bond donors (Lipinski definition) is 0. The van der Waals surface area contributed by atoms with Gasteiger partial charge in [0.05, 0.1) is 12.5 Å². The van der Waals surface area contributed by atoms with Gasteiger partial charge in [-0.2, -0.15) is 0 Å². The lowest BCUT2D eigenvalue weighted by Gasteiger charge is -2.44. The standard InChI is InChI=1S/C22H21BrO5/c1-21(2)17(15-9-11-16(23)12-10-15)28-20(26)22(18(21)24,19(25)27-3)13-14-7-5-4-6-8-14/h4-12,17H,13H2,1-3H3. The summed E-state index contributed by atoms with van der Waals surface area (Å²) in [6, 6.07) is 16.1. The van der Waals surface area contributed by atoms with Crippen LogP contribution in [-0.2, 0) is 30.3 Å². The van der Waals surface area contributed by atoms with E-state index in [1.807, 2.05) is 18.2 Å². The minimum Gasteiger partial charge on any atom is -0.468 e. The molecule has 28 heavy (non-hydrogen) atoms. The third kappa shape index (κ3) is 3.26. The Kier molecular flexibility index (Phi) is 5.44. The van der Waals surface area contributed by atoms with E-state index in [0.717, 1.165) is 4.47 Å². The number of Topliss-reactive ketones (excluding diaryl/α,β-unsaturated/α-hetero) is 1. The van der Waals surface area contributed by atoms with Crippen LogP contribution in [0.1, 0.15) is 31.1 Å². The lowest BCUT2D eigenvalue weighted by Crippen LogP contribution is -2.60. The second kappa shape index (κ2) is 7.51. The summed E-state index contributed by atoms with van der Waals surface area (Å²) in [7, 11) is 1.17. The SMILES string of the molecule is COC(=O)C1(Cc2ccccc2)C(=O)OC(c2ccc(Br)cc2)C(C)(C)C1=O. The lowest BCUT2D eigenvalue weighted by atomic mass is 9.63. The first-order valence-electron chi connectivity index (χ1n) is 8.87. The number of hydrogen-bond acceptors (Lipinski definition) is 5. The molecule has 2 atom stereocenters. The maximum absolute atomic E-state index is 13.6. The van der Waals surface area contributed by atoms with Crippen molar-refractivity contribution in [3.8, 4) is 0 Å². The highest BCUT2D eigenvalue weighted by Crippen LogP contribution is 2.49. The predicted molar refractivity (Wildman–Crippen MR) is 106 cm³/mol. The number of carbonyl (C=O) groups is 3. The molecule has 0 spiro atoms. The molecule has 0 bridgehead atoms. The van der Waals surface area contributed by atoms with E-state index in [2.05, 4.69) is 15.9 Å². The van der Waals surface area contributed by atoms with Crippen molar-refractivity contribution in [1.29, 1.82) is 0 Å². The van der Waals surface area contributed by atoms with Crippen LogP contribution in [0.2, 0.25) is 0 Å². The Bertz CT molecular complexity index is 904. The van der Waals surface area contributed by atoms with Crippen molar-refractivity contribution in [3.63, 3.8) is 0 Å². The summed E-state index contributed by atoms with van der Waals surface area (Å²) in [4.78, 5) is 39.5. The predicted octanol–water partition coefficient (Wildman–Crippen LogP) is 4.04. The number of ketones is 1. The van der Waals surface area contributed by atoms with Gasteiger partial charge < -0.3 is 9.47 Å². The van der Waals surface area contributed by atoms with Gasteiger partial charge in [-0.3, -0.25) is 14.4 Å². The Balaban J connectivity index is 2.08. The zero-order chi connectivity index (χ0) is 20.5. The van der Waals surface area contributed by atoms with Gasteiger partial charge in [0.1, 0.15) is 6.10 Å². The molecule has 0 N–H and O–H groups in total. The van der Waals surface area contributed by atoms with Crippen LogP contribution in [0.15, 0.2) is 59.1 Å². The fourth-order valence-electron chi connectivity index (χ4n) is 3.72. The number of methoxy groups -OCH3 is 1. The first-order chi connectivity index (χ1) is 13.2. The van der Waals surface area contributed by atoms with Crippen LogP contribution in [0.4, 0.5) is 0 Å². The van der Waals surface area contributed by atoms with Crippen LogP contribution < -0.4 is 0 Å². The van der Waals surface area contributed by atoms with Crippen molar-refractivity contribution in [2.45, 2.75) is 26.4 Å². The van der Waals surface area contributed by atoms with Crippen LogP contribution in [0.5, 0.6) is 0 Å². The third-order valence-electron chi connectivity index (χ3n) is 5.22. The molecule has 146 valence electrons. The highest BCUT2D eigenvalue weighted by atomic mass is 79.9. The molecule has 6 heteroatoms. The molecule has 2 aromatic carbocycles. The Labute approximate surface area is 172 Å². The van der Waals surface area contributed by atoms with Crippen molar-refractivity contribution in [1.82, 2.24) is 0 Å². The zero-order valence-corrected chi connectivity index (χ0v) is 17.5. The monoisotopic (exact) mass is 444 g/mol. The average Bonchev–Trinajstić information content (AvgIpc) is 2.69. The Morgan fingerprint density at radius 1 is 1.07 bits per heavy atom. The summed E-state index contributed by atoms with van der Waals surface area (Å²) in [5.41, 5.74) is -1.78. The average molecular weight is 445 g/mol. The van der Waals surface area contributed by atoms with Gasteiger partial charge in [0.25, 0.3) is 0 Å². The number of rotatable bonds is 4. The molecular weight excluding hydrogens is 424 g/mol. The molecule has 0 aromatic heterocycles. The molecule has 1 saturated heterocycles. The van der Waals surface area contributed by atoms with Gasteiger partial charge >= 0.3 is 11.9 Å². The number of cyclic esters (lactones) is 1. The summed E-state index contributed by atoms with van der Waals surface area (Å²) in [5.74, 6) is -2.27. The molecule has 1 aliphatic heterocycles. The molecule has 0 radical (unpaired) electrons. The van der Waals surface area contributed by atoms with Gasteiger partial charge in [0, 0.05) is 10.9 Å². The summed E-state index contributed by atoms with van der Waals surface area (Å²) < 4.78 is 11.5. The topological polar surface area (TPSA) is 69.7 Å². The molecule has 0 amide bonds. The number of benzene rings is 2. The molecule has 1 aliphatic rings. The highest BCUT2D eigenvalue weighted by molar-refractivity contribution is 9.10. The van der Waals surface area contributed by atoms with Gasteiger partial charge in [-0.25, -0.2) is 0 Å². The van der Waals surface area contributed by atoms with Gasteiger partial charge in [0.15, 0.2) is 5.78 Å². The second-order valence-electron chi connectivity index (χ2n) is 7.45. The van der Waals surface area contributed by atoms with Crippen molar-refractivity contribution in [3.05, 3.63) is 70.2 Å². The number of ether oxygens (including phenoxy) is 2. The van der Waals surface area contributed by atoms with E-state index in [9.17, 15) is 14.4 Å².